The molecule has 2 unspecified atom stereocenters. The third-order valence-corrected chi connectivity index (χ3v) is 3.42. The minimum atomic E-state index is -0.597. The molecule has 2 atom stereocenters. The van der Waals surface area contributed by atoms with Crippen LogP contribution in [0.5, 0.6) is 0 Å². The highest BCUT2D eigenvalue weighted by atomic mass is 16.5. The first-order valence-electron chi connectivity index (χ1n) is 6.91. The predicted molar refractivity (Wildman–Crippen MR) is 68.2 cm³/mol. The molecule has 1 aliphatic heterocycles. The smallest absolute Gasteiger partial charge is 0.316 e. The van der Waals surface area contributed by atoms with Gasteiger partial charge < -0.3 is 9.47 Å². The summed E-state index contributed by atoms with van der Waals surface area (Å²) in [5.41, 5.74) is 0. The summed E-state index contributed by atoms with van der Waals surface area (Å²) >= 11 is 0. The summed E-state index contributed by atoms with van der Waals surface area (Å²) in [5, 5.41) is 0. The summed E-state index contributed by atoms with van der Waals surface area (Å²) in [6.07, 6.45) is 5.89. The largest absolute Gasteiger partial charge is 0.468 e. The van der Waals surface area contributed by atoms with Gasteiger partial charge in [-0.3, -0.25) is 9.59 Å². The molecule has 4 heteroatoms. The molecule has 0 radical (unpaired) electrons. The van der Waals surface area contributed by atoms with Crippen molar-refractivity contribution in [2.45, 2.75) is 58.0 Å². The molecule has 1 aliphatic rings. The molecule has 0 aromatic heterocycles. The summed E-state index contributed by atoms with van der Waals surface area (Å²) in [6, 6.07) is 0. The highest BCUT2D eigenvalue weighted by Crippen LogP contribution is 2.20. The summed E-state index contributed by atoms with van der Waals surface area (Å²) in [4.78, 5) is 23.8. The van der Waals surface area contributed by atoms with E-state index < -0.39 is 11.9 Å². The van der Waals surface area contributed by atoms with E-state index in [0.717, 1.165) is 38.7 Å². The van der Waals surface area contributed by atoms with Gasteiger partial charge in [-0.05, 0) is 25.7 Å². The number of Topliss-reactive ketones (excluding diaryl/α,β-unsaturated/α-hetero) is 1. The SMILES string of the molecule is CCCCC(C(=O)CC1CCCCO1)C(=O)OC. The summed E-state index contributed by atoms with van der Waals surface area (Å²) in [6.45, 7) is 2.78. The van der Waals surface area contributed by atoms with Gasteiger partial charge in [0.15, 0.2) is 0 Å². The molecule has 0 spiro atoms. The van der Waals surface area contributed by atoms with Crippen LogP contribution in [0.3, 0.4) is 0 Å². The number of unbranched alkanes of at least 4 members (excludes halogenated alkanes) is 1. The maximum absolute atomic E-state index is 12.1. The molecule has 18 heavy (non-hydrogen) atoms. The van der Waals surface area contributed by atoms with Crippen LogP contribution in [0, 0.1) is 5.92 Å². The Bertz CT molecular complexity index is 269. The van der Waals surface area contributed by atoms with Crippen molar-refractivity contribution in [2.75, 3.05) is 13.7 Å². The fourth-order valence-corrected chi connectivity index (χ4v) is 2.30. The standard InChI is InChI=1S/C14H24O4/c1-3-4-8-12(14(16)17-2)13(15)10-11-7-5-6-9-18-11/h11-12H,3-10H2,1-2H3. The molecule has 104 valence electrons. The Morgan fingerprint density at radius 2 is 2.17 bits per heavy atom. The summed E-state index contributed by atoms with van der Waals surface area (Å²) < 4.78 is 10.3. The Morgan fingerprint density at radius 3 is 2.72 bits per heavy atom. The van der Waals surface area contributed by atoms with E-state index in [1.165, 1.54) is 7.11 Å². The Kier molecular flexibility index (Phi) is 6.94. The second-order valence-corrected chi connectivity index (χ2v) is 4.88. The van der Waals surface area contributed by atoms with Crippen LogP contribution in [0.2, 0.25) is 0 Å². The second kappa shape index (κ2) is 8.25. The van der Waals surface area contributed by atoms with Crippen molar-refractivity contribution in [3.8, 4) is 0 Å². The van der Waals surface area contributed by atoms with Crippen molar-refractivity contribution >= 4 is 11.8 Å². The van der Waals surface area contributed by atoms with E-state index >= 15 is 0 Å². The van der Waals surface area contributed by atoms with Gasteiger partial charge in [0.1, 0.15) is 11.7 Å². The van der Waals surface area contributed by atoms with Gasteiger partial charge in [-0.1, -0.05) is 19.8 Å². The molecule has 1 rings (SSSR count). The molecular formula is C14H24O4. The van der Waals surface area contributed by atoms with Gasteiger partial charge in [0.25, 0.3) is 0 Å². The zero-order valence-electron chi connectivity index (χ0n) is 11.4. The van der Waals surface area contributed by atoms with Gasteiger partial charge in [0.05, 0.1) is 13.2 Å². The van der Waals surface area contributed by atoms with Crippen LogP contribution in [0.4, 0.5) is 0 Å². The van der Waals surface area contributed by atoms with Crippen molar-refractivity contribution in [2.24, 2.45) is 5.92 Å². The third-order valence-electron chi connectivity index (χ3n) is 3.42. The van der Waals surface area contributed by atoms with Crippen molar-refractivity contribution in [3.05, 3.63) is 0 Å². The van der Waals surface area contributed by atoms with Crippen molar-refractivity contribution < 1.29 is 19.1 Å². The van der Waals surface area contributed by atoms with Crippen LogP contribution < -0.4 is 0 Å². The molecule has 0 saturated carbocycles. The number of ether oxygens (including phenoxy) is 2. The molecule has 0 N–H and O–H groups in total. The van der Waals surface area contributed by atoms with Gasteiger partial charge in [-0.25, -0.2) is 0 Å². The number of carbonyl (C=O) groups is 2. The fourth-order valence-electron chi connectivity index (χ4n) is 2.30. The van der Waals surface area contributed by atoms with E-state index in [0.29, 0.717) is 12.8 Å². The fraction of sp³-hybridized carbons (Fsp3) is 0.857. The number of carbonyl (C=O) groups excluding carboxylic acids is 2. The lowest BCUT2D eigenvalue weighted by molar-refractivity contribution is -0.150. The quantitative estimate of drug-likeness (QED) is 0.519. The first-order valence-corrected chi connectivity index (χ1v) is 6.91. The van der Waals surface area contributed by atoms with E-state index in [-0.39, 0.29) is 11.9 Å². The highest BCUT2D eigenvalue weighted by molar-refractivity contribution is 5.99. The van der Waals surface area contributed by atoms with E-state index in [9.17, 15) is 9.59 Å². The van der Waals surface area contributed by atoms with Crippen LogP contribution in [0.15, 0.2) is 0 Å². The Balaban J connectivity index is 2.49. The third kappa shape index (κ3) is 4.77. The topological polar surface area (TPSA) is 52.6 Å². The normalized spacial score (nSPS) is 21.3. The van der Waals surface area contributed by atoms with Crippen LogP contribution in [-0.4, -0.2) is 31.6 Å². The van der Waals surface area contributed by atoms with E-state index in [4.69, 9.17) is 9.47 Å². The van der Waals surface area contributed by atoms with Gasteiger partial charge in [0.2, 0.25) is 0 Å². The highest BCUT2D eigenvalue weighted by Gasteiger charge is 2.29. The number of esters is 1. The minimum Gasteiger partial charge on any atom is -0.468 e. The zero-order valence-corrected chi connectivity index (χ0v) is 11.4. The van der Waals surface area contributed by atoms with Crippen LogP contribution in [0.25, 0.3) is 0 Å². The maximum atomic E-state index is 12.1. The van der Waals surface area contributed by atoms with E-state index in [1.807, 2.05) is 6.92 Å². The average Bonchev–Trinajstić information content (AvgIpc) is 2.40. The molecule has 4 nitrogen and oxygen atoms in total. The Labute approximate surface area is 109 Å². The summed E-state index contributed by atoms with van der Waals surface area (Å²) in [7, 11) is 1.34. The monoisotopic (exact) mass is 256 g/mol. The molecule has 1 saturated heterocycles. The first-order chi connectivity index (χ1) is 8.69. The number of methoxy groups -OCH3 is 1. The molecule has 0 aromatic carbocycles. The predicted octanol–water partition coefficient (Wildman–Crippen LogP) is 2.49. The maximum Gasteiger partial charge on any atom is 0.316 e. The van der Waals surface area contributed by atoms with Gasteiger partial charge in [-0.15, -0.1) is 0 Å². The van der Waals surface area contributed by atoms with E-state index in [2.05, 4.69) is 0 Å². The van der Waals surface area contributed by atoms with Crippen LogP contribution >= 0.6 is 0 Å². The Morgan fingerprint density at radius 1 is 1.39 bits per heavy atom. The van der Waals surface area contributed by atoms with Gasteiger partial charge in [0, 0.05) is 13.0 Å². The van der Waals surface area contributed by atoms with Crippen LogP contribution in [0.1, 0.15) is 51.9 Å². The van der Waals surface area contributed by atoms with Crippen molar-refractivity contribution in [1.82, 2.24) is 0 Å². The van der Waals surface area contributed by atoms with Crippen LogP contribution in [-0.2, 0) is 19.1 Å². The number of hydrogen-bond donors (Lipinski definition) is 0. The summed E-state index contributed by atoms with van der Waals surface area (Å²) in [5.74, 6) is -1.02. The zero-order chi connectivity index (χ0) is 13.4. The molecule has 0 amide bonds. The Hall–Kier alpha value is -0.900. The van der Waals surface area contributed by atoms with E-state index in [1.54, 1.807) is 0 Å². The lowest BCUT2D eigenvalue weighted by atomic mass is 9.92. The van der Waals surface area contributed by atoms with Gasteiger partial charge in [-0.2, -0.15) is 0 Å². The first kappa shape index (κ1) is 15.2. The van der Waals surface area contributed by atoms with Gasteiger partial charge >= 0.3 is 5.97 Å². The minimum absolute atomic E-state index is 0.0000302. The van der Waals surface area contributed by atoms with Crippen molar-refractivity contribution in [1.29, 1.82) is 0 Å². The molecule has 0 bridgehead atoms. The number of ketones is 1. The lowest BCUT2D eigenvalue weighted by Gasteiger charge is -2.23. The van der Waals surface area contributed by atoms with Crippen molar-refractivity contribution in [3.63, 3.8) is 0 Å². The average molecular weight is 256 g/mol. The number of rotatable bonds is 7. The molecule has 1 fully saturated rings. The molecule has 0 aromatic rings. The molecule has 0 aliphatic carbocycles. The molecular weight excluding hydrogens is 232 g/mol. The second-order valence-electron chi connectivity index (χ2n) is 4.88. The number of hydrogen-bond acceptors (Lipinski definition) is 4. The lowest BCUT2D eigenvalue weighted by Crippen LogP contribution is -2.30. The molecule has 1 heterocycles.